The molecule has 1 heterocycles. The van der Waals surface area contributed by atoms with Crippen LogP contribution in [0, 0.1) is 0 Å². The van der Waals surface area contributed by atoms with Crippen LogP contribution in [0.25, 0.3) is 0 Å². The molecule has 1 aromatic heterocycles. The lowest BCUT2D eigenvalue weighted by Gasteiger charge is -2.21. The summed E-state index contributed by atoms with van der Waals surface area (Å²) < 4.78 is 1.64. The van der Waals surface area contributed by atoms with E-state index in [1.54, 1.807) is 4.68 Å². The third-order valence-electron chi connectivity index (χ3n) is 3.37. The zero-order chi connectivity index (χ0) is 14.4. The summed E-state index contributed by atoms with van der Waals surface area (Å²) in [5.74, 6) is 0.125. The van der Waals surface area contributed by atoms with E-state index in [0.29, 0.717) is 6.04 Å². The minimum atomic E-state index is 0.125. The average molecular weight is 279 g/mol. The number of carbonyl (C=O) groups is 1. The highest BCUT2D eigenvalue weighted by Gasteiger charge is 2.20. The van der Waals surface area contributed by atoms with Gasteiger partial charge in [-0.2, -0.15) is 0 Å². The first-order valence-corrected chi connectivity index (χ1v) is 7.63. The molecule has 6 heteroatoms. The molecule has 1 aliphatic rings. The van der Waals surface area contributed by atoms with Crippen LogP contribution < -0.4 is 5.32 Å². The van der Waals surface area contributed by atoms with Crippen molar-refractivity contribution >= 4 is 5.91 Å². The Hall–Kier alpha value is -1.43. The highest BCUT2D eigenvalue weighted by Crippen LogP contribution is 2.18. The molecule has 0 bridgehead atoms. The lowest BCUT2D eigenvalue weighted by Crippen LogP contribution is -2.35. The number of nitrogens with one attached hydrogen (secondary N) is 1. The van der Waals surface area contributed by atoms with Gasteiger partial charge in [0.05, 0.1) is 11.9 Å². The van der Waals surface area contributed by atoms with Crippen molar-refractivity contribution < 1.29 is 4.79 Å². The summed E-state index contributed by atoms with van der Waals surface area (Å²) in [7, 11) is 0. The Balaban J connectivity index is 1.82. The minimum Gasteiger partial charge on any atom is -0.341 e. The molecule has 112 valence electrons. The van der Waals surface area contributed by atoms with Gasteiger partial charge in [0.15, 0.2) is 0 Å². The topological polar surface area (TPSA) is 63.1 Å². The summed E-state index contributed by atoms with van der Waals surface area (Å²) in [5, 5.41) is 11.5. The predicted molar refractivity (Wildman–Crippen MR) is 77.0 cm³/mol. The first-order chi connectivity index (χ1) is 9.72. The normalized spacial score (nSPS) is 14.5. The smallest absolute Gasteiger partial charge is 0.244 e. The maximum absolute atomic E-state index is 12.2. The van der Waals surface area contributed by atoms with Crippen molar-refractivity contribution in [2.24, 2.45) is 0 Å². The summed E-state index contributed by atoms with van der Waals surface area (Å²) in [5.41, 5.74) is 0.905. The van der Waals surface area contributed by atoms with Crippen LogP contribution in [0.3, 0.4) is 0 Å². The second kappa shape index (κ2) is 7.38. The third kappa shape index (κ3) is 4.59. The maximum atomic E-state index is 12.2. The second-order valence-electron chi connectivity index (χ2n) is 5.44. The van der Waals surface area contributed by atoms with Crippen LogP contribution in [-0.2, 0) is 17.9 Å². The summed E-state index contributed by atoms with van der Waals surface area (Å²) >= 11 is 0. The van der Waals surface area contributed by atoms with Crippen molar-refractivity contribution in [2.75, 3.05) is 13.1 Å². The summed E-state index contributed by atoms with van der Waals surface area (Å²) in [6.07, 6.45) is 6.36. The molecule has 0 radical (unpaired) electrons. The SMILES string of the molecule is CCCN(CCC)C(=O)Cn1cc(CNC2CC2)nn1. The Morgan fingerprint density at radius 2 is 2.10 bits per heavy atom. The van der Waals surface area contributed by atoms with E-state index in [0.717, 1.165) is 38.2 Å². The summed E-state index contributed by atoms with van der Waals surface area (Å²) in [4.78, 5) is 14.1. The van der Waals surface area contributed by atoms with Gasteiger partial charge < -0.3 is 10.2 Å². The highest BCUT2D eigenvalue weighted by atomic mass is 16.2. The fraction of sp³-hybridized carbons (Fsp3) is 0.786. The van der Waals surface area contributed by atoms with Crippen LogP contribution in [0.1, 0.15) is 45.2 Å². The molecule has 0 saturated heterocycles. The van der Waals surface area contributed by atoms with E-state index < -0.39 is 0 Å². The molecule has 0 aliphatic heterocycles. The molecule has 0 atom stereocenters. The van der Waals surface area contributed by atoms with Gasteiger partial charge in [0.2, 0.25) is 5.91 Å². The van der Waals surface area contributed by atoms with Gasteiger partial charge in [-0.15, -0.1) is 5.10 Å². The lowest BCUT2D eigenvalue weighted by atomic mass is 10.3. The molecule has 1 saturated carbocycles. The van der Waals surface area contributed by atoms with Crippen molar-refractivity contribution in [3.05, 3.63) is 11.9 Å². The van der Waals surface area contributed by atoms with Crippen molar-refractivity contribution in [1.29, 1.82) is 0 Å². The number of hydrogen-bond acceptors (Lipinski definition) is 4. The minimum absolute atomic E-state index is 0.125. The fourth-order valence-electron chi connectivity index (χ4n) is 2.17. The van der Waals surface area contributed by atoms with E-state index in [-0.39, 0.29) is 12.5 Å². The third-order valence-corrected chi connectivity index (χ3v) is 3.37. The molecule has 0 unspecified atom stereocenters. The van der Waals surface area contributed by atoms with Crippen molar-refractivity contribution in [3.8, 4) is 0 Å². The molecular weight excluding hydrogens is 254 g/mol. The Labute approximate surface area is 120 Å². The van der Waals surface area contributed by atoms with Gasteiger partial charge >= 0.3 is 0 Å². The number of aromatic nitrogens is 3. The lowest BCUT2D eigenvalue weighted by molar-refractivity contribution is -0.132. The van der Waals surface area contributed by atoms with Gasteiger partial charge in [0, 0.05) is 25.7 Å². The van der Waals surface area contributed by atoms with Crippen LogP contribution in [0.15, 0.2) is 6.20 Å². The van der Waals surface area contributed by atoms with Crippen LogP contribution in [-0.4, -0.2) is 44.9 Å². The van der Waals surface area contributed by atoms with Gasteiger partial charge in [0.1, 0.15) is 6.54 Å². The standard InChI is InChI=1S/C14H25N5O/c1-3-7-18(8-4-2)14(20)11-19-10-13(16-17-19)9-15-12-5-6-12/h10,12,15H,3-9,11H2,1-2H3. The van der Waals surface area contributed by atoms with Gasteiger partial charge in [-0.05, 0) is 25.7 Å². The molecule has 6 nitrogen and oxygen atoms in total. The average Bonchev–Trinajstić information content (AvgIpc) is 3.16. The van der Waals surface area contributed by atoms with Gasteiger partial charge in [-0.25, -0.2) is 4.68 Å². The van der Waals surface area contributed by atoms with E-state index in [9.17, 15) is 4.79 Å². The molecule has 20 heavy (non-hydrogen) atoms. The molecule has 1 aliphatic carbocycles. The quantitative estimate of drug-likeness (QED) is 0.737. The second-order valence-corrected chi connectivity index (χ2v) is 5.44. The zero-order valence-electron chi connectivity index (χ0n) is 12.5. The molecular formula is C14H25N5O. The van der Waals surface area contributed by atoms with Crippen LogP contribution in [0.5, 0.6) is 0 Å². The first kappa shape index (κ1) is 15.0. The van der Waals surface area contributed by atoms with Gasteiger partial charge in [-0.3, -0.25) is 4.79 Å². The molecule has 1 amide bonds. The monoisotopic (exact) mass is 279 g/mol. The van der Waals surface area contributed by atoms with Crippen LogP contribution in [0.4, 0.5) is 0 Å². The van der Waals surface area contributed by atoms with E-state index in [2.05, 4.69) is 29.5 Å². The molecule has 1 aromatic rings. The highest BCUT2D eigenvalue weighted by molar-refractivity contribution is 5.75. The van der Waals surface area contributed by atoms with Gasteiger partial charge in [-0.1, -0.05) is 19.1 Å². The summed E-state index contributed by atoms with van der Waals surface area (Å²) in [6, 6.07) is 0.659. The van der Waals surface area contributed by atoms with E-state index >= 15 is 0 Å². The maximum Gasteiger partial charge on any atom is 0.244 e. The van der Waals surface area contributed by atoms with E-state index in [1.807, 2.05) is 11.1 Å². The molecule has 2 rings (SSSR count). The van der Waals surface area contributed by atoms with Crippen molar-refractivity contribution in [3.63, 3.8) is 0 Å². The molecule has 1 fully saturated rings. The van der Waals surface area contributed by atoms with Crippen molar-refractivity contribution in [2.45, 2.75) is 58.7 Å². The first-order valence-electron chi connectivity index (χ1n) is 7.63. The Morgan fingerprint density at radius 1 is 1.40 bits per heavy atom. The van der Waals surface area contributed by atoms with E-state index in [4.69, 9.17) is 0 Å². The number of hydrogen-bond donors (Lipinski definition) is 1. The largest absolute Gasteiger partial charge is 0.341 e. The zero-order valence-corrected chi connectivity index (χ0v) is 12.5. The molecule has 0 aromatic carbocycles. The molecule has 1 N–H and O–H groups in total. The Kier molecular flexibility index (Phi) is 5.52. The number of carbonyl (C=O) groups excluding carboxylic acids is 1. The van der Waals surface area contributed by atoms with Crippen LogP contribution in [0.2, 0.25) is 0 Å². The number of nitrogens with zero attached hydrogens (tertiary/aromatic N) is 4. The Morgan fingerprint density at radius 3 is 2.70 bits per heavy atom. The number of amides is 1. The van der Waals surface area contributed by atoms with E-state index in [1.165, 1.54) is 12.8 Å². The Bertz CT molecular complexity index is 421. The fourth-order valence-corrected chi connectivity index (χ4v) is 2.17. The van der Waals surface area contributed by atoms with Crippen molar-refractivity contribution in [1.82, 2.24) is 25.2 Å². The van der Waals surface area contributed by atoms with Crippen LogP contribution >= 0.6 is 0 Å². The predicted octanol–water partition coefficient (Wildman–Crippen LogP) is 1.18. The van der Waals surface area contributed by atoms with Gasteiger partial charge in [0.25, 0.3) is 0 Å². The summed E-state index contributed by atoms with van der Waals surface area (Å²) in [6.45, 7) is 6.85. The molecule has 0 spiro atoms. The number of rotatable bonds is 9.